The van der Waals surface area contributed by atoms with Crippen molar-refractivity contribution in [1.82, 2.24) is 9.80 Å². The average Bonchev–Trinajstić information content (AvgIpc) is 2.54. The Morgan fingerprint density at radius 1 is 1.15 bits per heavy atom. The number of amides is 1. The number of nitrogens with zero attached hydrogens (tertiary/aromatic N) is 3. The molecule has 1 fully saturated rings. The van der Waals surface area contributed by atoms with Crippen LogP contribution < -0.4 is 15.4 Å². The first-order chi connectivity index (χ1) is 11.5. The van der Waals surface area contributed by atoms with Gasteiger partial charge in [-0.15, -0.1) is 37.2 Å². The number of rotatable bonds is 7. The Morgan fingerprint density at radius 3 is 2.30 bits per heavy atom. The highest BCUT2D eigenvalue weighted by Crippen LogP contribution is 2.28. The van der Waals surface area contributed by atoms with E-state index < -0.39 is 0 Å². The molecule has 1 aromatic carbocycles. The molecule has 1 aromatic rings. The number of nitrogens with two attached hydrogens (primary N) is 1. The molecule has 0 spiro atoms. The molecule has 1 amide bonds. The van der Waals surface area contributed by atoms with Crippen molar-refractivity contribution in [2.24, 2.45) is 5.73 Å². The van der Waals surface area contributed by atoms with Gasteiger partial charge in [0.1, 0.15) is 12.4 Å². The minimum atomic E-state index is -0.0821. The van der Waals surface area contributed by atoms with Crippen molar-refractivity contribution in [2.45, 2.75) is 19.4 Å². The second-order valence-corrected chi connectivity index (χ2v) is 6.67. The fourth-order valence-electron chi connectivity index (χ4n) is 2.78. The number of benzene rings is 1. The topological polar surface area (TPSA) is 62.0 Å². The molecule has 1 aliphatic rings. The molecule has 0 bridgehead atoms. The molecule has 2 N–H and O–H groups in total. The predicted molar refractivity (Wildman–Crippen MR) is 119 cm³/mol. The van der Waals surface area contributed by atoms with Gasteiger partial charge >= 0.3 is 0 Å². The van der Waals surface area contributed by atoms with Crippen molar-refractivity contribution in [3.63, 3.8) is 0 Å². The molecule has 9 heteroatoms. The maximum Gasteiger partial charge on any atom is 0.224 e. The molecular formula is C18H33Cl3N4O2. The number of carbonyl (C=O) groups is 1. The fraction of sp³-hybridized carbons (Fsp3) is 0.611. The summed E-state index contributed by atoms with van der Waals surface area (Å²) >= 11 is 0. The zero-order valence-electron chi connectivity index (χ0n) is 16.3. The van der Waals surface area contributed by atoms with Crippen LogP contribution in [0.25, 0.3) is 0 Å². The average molecular weight is 444 g/mol. The highest BCUT2D eigenvalue weighted by atomic mass is 35.5. The summed E-state index contributed by atoms with van der Waals surface area (Å²) in [4.78, 5) is 18.4. The van der Waals surface area contributed by atoms with Crippen LogP contribution in [0.2, 0.25) is 0 Å². The number of anilines is 1. The molecule has 1 atom stereocenters. The van der Waals surface area contributed by atoms with E-state index in [0.717, 1.165) is 44.2 Å². The van der Waals surface area contributed by atoms with E-state index in [1.165, 1.54) is 0 Å². The van der Waals surface area contributed by atoms with Gasteiger partial charge in [-0.1, -0.05) is 12.1 Å². The number of hydrogen-bond donors (Lipinski definition) is 1. The Bertz CT molecular complexity index is 539. The number of likely N-dealkylation sites (N-methyl/N-ethyl adjacent to an activating group) is 1. The first-order valence-corrected chi connectivity index (χ1v) is 8.62. The van der Waals surface area contributed by atoms with Crippen molar-refractivity contribution in [3.05, 3.63) is 24.3 Å². The van der Waals surface area contributed by atoms with Gasteiger partial charge in [0.25, 0.3) is 0 Å². The minimum absolute atomic E-state index is 0. The van der Waals surface area contributed by atoms with Gasteiger partial charge < -0.3 is 25.2 Å². The van der Waals surface area contributed by atoms with Crippen LogP contribution in [0, 0.1) is 0 Å². The Labute approximate surface area is 181 Å². The lowest BCUT2D eigenvalue weighted by atomic mass is 10.2. The fourth-order valence-corrected chi connectivity index (χ4v) is 2.78. The van der Waals surface area contributed by atoms with Crippen molar-refractivity contribution in [3.8, 4) is 5.75 Å². The number of ether oxygens (including phenoxy) is 1. The quantitative estimate of drug-likeness (QED) is 0.700. The molecule has 1 aliphatic heterocycles. The van der Waals surface area contributed by atoms with Crippen molar-refractivity contribution < 1.29 is 9.53 Å². The van der Waals surface area contributed by atoms with E-state index in [0.29, 0.717) is 13.0 Å². The van der Waals surface area contributed by atoms with Crippen LogP contribution in [0.4, 0.5) is 5.69 Å². The van der Waals surface area contributed by atoms with Crippen LogP contribution in [0.15, 0.2) is 24.3 Å². The normalized spacial score (nSPS) is 14.6. The van der Waals surface area contributed by atoms with Gasteiger partial charge in [-0.2, -0.15) is 0 Å². The zero-order chi connectivity index (χ0) is 17.5. The second-order valence-electron chi connectivity index (χ2n) is 6.67. The van der Waals surface area contributed by atoms with Crippen LogP contribution in [-0.4, -0.2) is 75.2 Å². The molecule has 27 heavy (non-hydrogen) atoms. The smallest absolute Gasteiger partial charge is 0.224 e. The van der Waals surface area contributed by atoms with Crippen molar-refractivity contribution in [2.75, 3.05) is 58.3 Å². The lowest BCUT2D eigenvalue weighted by Gasteiger charge is -2.37. The Morgan fingerprint density at radius 2 is 1.74 bits per heavy atom. The third-order valence-corrected chi connectivity index (χ3v) is 4.13. The SMILES string of the molecule is CC(N)CC(=O)N1CCN(c2ccccc2OCCN(C)C)CC1.Cl.Cl.Cl. The second kappa shape index (κ2) is 14.1. The Balaban J connectivity index is 0. The van der Waals surface area contributed by atoms with Gasteiger partial charge in [-0.3, -0.25) is 4.79 Å². The van der Waals surface area contributed by atoms with E-state index in [2.05, 4.69) is 15.9 Å². The van der Waals surface area contributed by atoms with Gasteiger partial charge in [0.2, 0.25) is 5.91 Å². The number of para-hydroxylation sites is 2. The summed E-state index contributed by atoms with van der Waals surface area (Å²) in [6.07, 6.45) is 0.421. The zero-order valence-corrected chi connectivity index (χ0v) is 18.7. The number of hydrogen-bond acceptors (Lipinski definition) is 5. The van der Waals surface area contributed by atoms with Crippen LogP contribution in [0.5, 0.6) is 5.75 Å². The third kappa shape index (κ3) is 9.21. The lowest BCUT2D eigenvalue weighted by Crippen LogP contribution is -2.49. The molecule has 1 unspecified atom stereocenters. The summed E-state index contributed by atoms with van der Waals surface area (Å²) in [5, 5.41) is 0. The molecule has 0 saturated carbocycles. The Hall–Kier alpha value is -0.920. The summed E-state index contributed by atoms with van der Waals surface area (Å²) in [7, 11) is 4.07. The third-order valence-electron chi connectivity index (χ3n) is 4.13. The van der Waals surface area contributed by atoms with E-state index in [9.17, 15) is 4.79 Å². The molecule has 2 rings (SSSR count). The van der Waals surface area contributed by atoms with E-state index in [1.807, 2.05) is 44.1 Å². The highest BCUT2D eigenvalue weighted by Gasteiger charge is 2.23. The number of halogens is 3. The molecule has 0 aliphatic carbocycles. The van der Waals surface area contributed by atoms with Crippen LogP contribution in [-0.2, 0) is 4.79 Å². The summed E-state index contributed by atoms with van der Waals surface area (Å²) in [5.74, 6) is 1.06. The Kier molecular flexibility index (Phi) is 14.8. The van der Waals surface area contributed by atoms with E-state index in [-0.39, 0.29) is 49.2 Å². The molecule has 6 nitrogen and oxygen atoms in total. The van der Waals surface area contributed by atoms with E-state index in [1.54, 1.807) is 0 Å². The summed E-state index contributed by atoms with van der Waals surface area (Å²) in [6.45, 7) is 6.52. The number of piperazine rings is 1. The maximum atomic E-state index is 12.1. The van der Waals surface area contributed by atoms with Crippen molar-refractivity contribution >= 4 is 48.8 Å². The van der Waals surface area contributed by atoms with E-state index >= 15 is 0 Å². The van der Waals surface area contributed by atoms with Gasteiger partial charge in [0.05, 0.1) is 5.69 Å². The molecule has 0 aromatic heterocycles. The number of carbonyl (C=O) groups excluding carboxylic acids is 1. The van der Waals surface area contributed by atoms with Crippen LogP contribution in [0.1, 0.15) is 13.3 Å². The van der Waals surface area contributed by atoms with Gasteiger partial charge in [0, 0.05) is 45.2 Å². The standard InChI is InChI=1S/C18H30N4O2.3ClH/c1-15(19)14-18(23)22-10-8-21(9-11-22)16-6-4-5-7-17(16)24-13-12-20(2)3;;;/h4-7,15H,8-14,19H2,1-3H3;3*1H. The summed E-state index contributed by atoms with van der Waals surface area (Å²) in [6, 6.07) is 8.04. The van der Waals surface area contributed by atoms with Crippen LogP contribution >= 0.6 is 37.2 Å². The van der Waals surface area contributed by atoms with Crippen molar-refractivity contribution in [1.29, 1.82) is 0 Å². The van der Waals surface area contributed by atoms with E-state index in [4.69, 9.17) is 10.5 Å². The highest BCUT2D eigenvalue weighted by molar-refractivity contribution is 5.86. The first kappa shape index (κ1) is 28.3. The first-order valence-electron chi connectivity index (χ1n) is 8.62. The minimum Gasteiger partial charge on any atom is -0.490 e. The van der Waals surface area contributed by atoms with Gasteiger partial charge in [-0.25, -0.2) is 0 Å². The van der Waals surface area contributed by atoms with Crippen LogP contribution in [0.3, 0.4) is 0 Å². The molecule has 0 radical (unpaired) electrons. The molecule has 1 heterocycles. The molecule has 158 valence electrons. The summed E-state index contributed by atoms with van der Waals surface area (Å²) < 4.78 is 5.95. The predicted octanol–water partition coefficient (Wildman–Crippen LogP) is 2.28. The molecular weight excluding hydrogens is 411 g/mol. The summed E-state index contributed by atoms with van der Waals surface area (Å²) in [5.41, 5.74) is 6.84. The maximum absolute atomic E-state index is 12.1. The molecule has 1 saturated heterocycles. The monoisotopic (exact) mass is 442 g/mol. The van der Waals surface area contributed by atoms with Gasteiger partial charge in [0.15, 0.2) is 0 Å². The largest absolute Gasteiger partial charge is 0.490 e. The van der Waals surface area contributed by atoms with Gasteiger partial charge in [-0.05, 0) is 33.2 Å². The lowest BCUT2D eigenvalue weighted by molar-refractivity contribution is -0.131.